The van der Waals surface area contributed by atoms with E-state index in [9.17, 15) is 20.1 Å². The molecule has 0 bridgehead atoms. The minimum atomic E-state index is -1.29. The van der Waals surface area contributed by atoms with Crippen LogP contribution in [0.25, 0.3) is 0 Å². The third kappa shape index (κ3) is 6.92. The Balaban J connectivity index is 0.000000191. The van der Waals surface area contributed by atoms with E-state index in [1.54, 1.807) is 24.3 Å². The summed E-state index contributed by atoms with van der Waals surface area (Å²) in [6.07, 6.45) is 0.807. The maximum Gasteiger partial charge on any atom is 0.335 e. The lowest BCUT2D eigenvalue weighted by Gasteiger charge is -2.23. The fourth-order valence-corrected chi connectivity index (χ4v) is 3.15. The number of rotatable bonds is 3. The smallest absolute Gasteiger partial charge is 0.335 e. The summed E-state index contributed by atoms with van der Waals surface area (Å²) >= 11 is 0. The van der Waals surface area contributed by atoms with E-state index in [1.165, 1.54) is 20.3 Å². The van der Waals surface area contributed by atoms with Gasteiger partial charge < -0.3 is 50.0 Å². The molecule has 194 valence electrons. The average Bonchev–Trinajstić information content (AvgIpc) is 2.83. The first-order valence-corrected chi connectivity index (χ1v) is 10.5. The third-order valence-corrected chi connectivity index (χ3v) is 4.96. The molecule has 3 aromatic rings. The van der Waals surface area contributed by atoms with E-state index < -0.39 is 23.2 Å². The molecule has 1 atom stereocenters. The van der Waals surface area contributed by atoms with Gasteiger partial charge in [-0.25, -0.2) is 4.79 Å². The predicted molar refractivity (Wildman–Crippen MR) is 128 cm³/mol. The molecule has 0 saturated heterocycles. The zero-order valence-corrected chi connectivity index (χ0v) is 19.8. The van der Waals surface area contributed by atoms with E-state index in [1.807, 2.05) is 0 Å². The van der Waals surface area contributed by atoms with Crippen molar-refractivity contribution in [3.05, 3.63) is 53.6 Å². The second-order valence-electron chi connectivity index (χ2n) is 7.74. The highest BCUT2D eigenvalue weighted by Crippen LogP contribution is 2.38. The first kappa shape index (κ1) is 27.6. The van der Waals surface area contributed by atoms with Crippen LogP contribution in [0.4, 0.5) is 0 Å². The van der Waals surface area contributed by atoms with Gasteiger partial charge in [0.25, 0.3) is 0 Å². The van der Waals surface area contributed by atoms with Crippen molar-refractivity contribution in [2.45, 2.75) is 13.3 Å². The van der Waals surface area contributed by atoms with Gasteiger partial charge >= 0.3 is 5.97 Å². The first-order valence-electron chi connectivity index (χ1n) is 10.5. The number of carboxylic acid groups (broad SMARTS) is 1. The highest BCUT2D eigenvalue weighted by molar-refractivity contribution is 5.89. The molecule has 7 N–H and O–H groups in total. The molecule has 1 aliphatic heterocycles. The van der Waals surface area contributed by atoms with Gasteiger partial charge in [-0.15, -0.1) is 0 Å². The molecule has 1 unspecified atom stereocenters. The molecule has 3 aromatic carbocycles. The van der Waals surface area contributed by atoms with Crippen LogP contribution in [0.1, 0.15) is 22.8 Å². The molecule has 11 heteroatoms. The maximum absolute atomic E-state index is 10.3. The summed E-state index contributed by atoms with van der Waals surface area (Å²) in [6, 6.07) is 9.66. The number of carbonyl (C=O) groups is 1. The van der Waals surface area contributed by atoms with Gasteiger partial charge in [-0.3, -0.25) is 0 Å². The van der Waals surface area contributed by atoms with Crippen molar-refractivity contribution >= 4 is 5.97 Å². The van der Waals surface area contributed by atoms with Crippen molar-refractivity contribution in [3.63, 3.8) is 0 Å². The zero-order valence-electron chi connectivity index (χ0n) is 19.8. The molecule has 0 fully saturated rings. The van der Waals surface area contributed by atoms with Crippen LogP contribution in [0.3, 0.4) is 0 Å². The van der Waals surface area contributed by atoms with E-state index in [4.69, 9.17) is 34.6 Å². The number of benzene rings is 3. The van der Waals surface area contributed by atoms with Crippen LogP contribution in [0.5, 0.6) is 51.7 Å². The monoisotopic (exact) mass is 504 g/mol. The number of phenolic OH excluding ortho intramolecular Hbond substituents is 6. The van der Waals surface area contributed by atoms with Crippen LogP contribution in [-0.2, 0) is 6.42 Å². The summed E-state index contributed by atoms with van der Waals surface area (Å²) in [4.78, 5) is 10.3. The fourth-order valence-electron chi connectivity index (χ4n) is 3.15. The minimum Gasteiger partial charge on any atom is -0.508 e. The molecule has 0 aromatic heterocycles. The number of aromatic hydroxyl groups is 6. The van der Waals surface area contributed by atoms with Gasteiger partial charge in [0.05, 0.1) is 26.4 Å². The Morgan fingerprint density at radius 3 is 1.92 bits per heavy atom. The molecule has 4 rings (SSSR count). The van der Waals surface area contributed by atoms with Gasteiger partial charge in [-0.2, -0.15) is 0 Å². The lowest BCUT2D eigenvalue weighted by molar-refractivity contribution is 0.0695. The van der Waals surface area contributed by atoms with Gasteiger partial charge in [-0.1, -0.05) is 13.0 Å². The normalized spacial score (nSPS) is 13.5. The van der Waals surface area contributed by atoms with Crippen LogP contribution in [0, 0.1) is 5.92 Å². The van der Waals surface area contributed by atoms with E-state index in [-0.39, 0.29) is 22.8 Å². The van der Waals surface area contributed by atoms with Gasteiger partial charge in [0.2, 0.25) is 5.75 Å². The Labute approximate surface area is 206 Å². The highest BCUT2D eigenvalue weighted by Gasteiger charge is 2.20. The summed E-state index contributed by atoms with van der Waals surface area (Å²) in [5.41, 5.74) is 0.513. The number of aromatic carboxylic acids is 1. The minimum absolute atomic E-state index is 0.0394. The van der Waals surface area contributed by atoms with Gasteiger partial charge in [0, 0.05) is 17.7 Å². The number of para-hydroxylation sites is 1. The van der Waals surface area contributed by atoms with Crippen molar-refractivity contribution < 1.29 is 54.8 Å². The number of carboxylic acids is 1. The number of phenols is 6. The van der Waals surface area contributed by atoms with Crippen molar-refractivity contribution in [2.75, 3.05) is 20.8 Å². The molecule has 1 aliphatic rings. The molecule has 11 nitrogen and oxygen atoms in total. The van der Waals surface area contributed by atoms with Gasteiger partial charge in [0.1, 0.15) is 17.2 Å². The summed E-state index contributed by atoms with van der Waals surface area (Å²) in [5, 5.41) is 63.0. The summed E-state index contributed by atoms with van der Waals surface area (Å²) < 4.78 is 15.1. The van der Waals surface area contributed by atoms with E-state index in [0.29, 0.717) is 29.8 Å². The van der Waals surface area contributed by atoms with Gasteiger partial charge in [-0.05, 0) is 36.6 Å². The van der Waals surface area contributed by atoms with Crippen LogP contribution < -0.4 is 14.2 Å². The first-order chi connectivity index (χ1) is 17.0. The Morgan fingerprint density at radius 1 is 0.861 bits per heavy atom. The highest BCUT2D eigenvalue weighted by atomic mass is 16.5. The van der Waals surface area contributed by atoms with Crippen LogP contribution in [0.15, 0.2) is 42.5 Å². The van der Waals surface area contributed by atoms with Gasteiger partial charge in [0.15, 0.2) is 28.7 Å². The summed E-state index contributed by atoms with van der Waals surface area (Å²) in [6.45, 7) is 2.71. The second-order valence-corrected chi connectivity index (χ2v) is 7.74. The molecule has 36 heavy (non-hydrogen) atoms. The topological polar surface area (TPSA) is 186 Å². The third-order valence-electron chi connectivity index (χ3n) is 4.96. The lowest BCUT2D eigenvalue weighted by atomic mass is 9.97. The Kier molecular flexibility index (Phi) is 9.31. The SMILES string of the molecule is CC1COc2cc(O)cc(O)c2C1.COc1cccc(OC)c1O.O=C(O)c1cc(O)c(O)c(O)c1. The summed E-state index contributed by atoms with van der Waals surface area (Å²) in [7, 11) is 2.99. The van der Waals surface area contributed by atoms with E-state index in [0.717, 1.165) is 24.1 Å². The number of fused-ring (bicyclic) bond motifs is 1. The van der Waals surface area contributed by atoms with Crippen LogP contribution >= 0.6 is 0 Å². The molecule has 0 spiro atoms. The number of hydrogen-bond acceptors (Lipinski definition) is 10. The predicted octanol–water partition coefficient (Wildman–Crippen LogP) is 3.58. The van der Waals surface area contributed by atoms with Crippen molar-refractivity contribution in [1.82, 2.24) is 0 Å². The van der Waals surface area contributed by atoms with E-state index in [2.05, 4.69) is 6.92 Å². The maximum atomic E-state index is 10.3. The number of methoxy groups -OCH3 is 2. The Morgan fingerprint density at radius 2 is 1.42 bits per heavy atom. The van der Waals surface area contributed by atoms with Crippen molar-refractivity contribution in [3.8, 4) is 51.7 Å². The van der Waals surface area contributed by atoms with Crippen LogP contribution in [-0.4, -0.2) is 62.5 Å². The average molecular weight is 504 g/mol. The Hall–Kier alpha value is -4.67. The lowest BCUT2D eigenvalue weighted by Crippen LogP contribution is -2.17. The van der Waals surface area contributed by atoms with Crippen LogP contribution in [0.2, 0.25) is 0 Å². The molecular formula is C25H28O11. The molecule has 0 aliphatic carbocycles. The largest absolute Gasteiger partial charge is 0.508 e. The molecule has 0 saturated carbocycles. The zero-order chi connectivity index (χ0) is 27.0. The van der Waals surface area contributed by atoms with Crippen molar-refractivity contribution in [1.29, 1.82) is 0 Å². The molecule has 0 amide bonds. The van der Waals surface area contributed by atoms with Crippen molar-refractivity contribution in [2.24, 2.45) is 5.92 Å². The Bertz CT molecular complexity index is 1160. The second kappa shape index (κ2) is 12.2. The standard InChI is InChI=1S/C10H12O3.C8H10O3.C7H6O5/c1-6-2-8-9(12)3-7(11)4-10(8)13-5-6;1-10-6-4-3-5-7(11-2)8(6)9;8-4-1-3(7(11)12)2-5(9)6(4)10/h3-4,6,11-12H,2,5H2,1H3;3-5,9H,1-2H3;1-2,8-10H,(H,11,12). The quantitative estimate of drug-likeness (QED) is 0.258. The van der Waals surface area contributed by atoms with E-state index >= 15 is 0 Å². The number of hydrogen-bond donors (Lipinski definition) is 7. The fraction of sp³-hybridized carbons (Fsp3) is 0.240. The molecule has 1 heterocycles. The molecular weight excluding hydrogens is 476 g/mol. The molecule has 0 radical (unpaired) electrons. The number of ether oxygens (including phenoxy) is 3. The summed E-state index contributed by atoms with van der Waals surface area (Å²) in [5.74, 6) is -1.25.